The highest BCUT2D eigenvalue weighted by molar-refractivity contribution is 7.07. The monoisotopic (exact) mass is 508 g/mol. The molecule has 1 atom stereocenters. The van der Waals surface area contributed by atoms with Crippen LogP contribution in [0.25, 0.3) is 17.5 Å². The maximum absolute atomic E-state index is 13.6. The predicted octanol–water partition coefficient (Wildman–Crippen LogP) is 1.18. The molecule has 0 unspecified atom stereocenters. The van der Waals surface area contributed by atoms with E-state index >= 15 is 0 Å². The minimum Gasteiger partial charge on any atom is -0.496 e. The van der Waals surface area contributed by atoms with Crippen molar-refractivity contribution in [2.45, 2.75) is 5.92 Å². The standard InChI is InChI=1S/C26H24N2O7S/c1-32-16-11-7-5-9-14(16)13-18-23(29)28-22(27)20(25(30)34-3)19(15-10-6-8-12-17(15)33-2)21(24(28)36-18)26(31)35-4/h5-13,19H,27H2,1-4H3/b18-13-/t19-/m1/s1. The number of methoxy groups -OCH3 is 4. The van der Waals surface area contributed by atoms with Crippen molar-refractivity contribution in [2.75, 3.05) is 28.4 Å². The maximum atomic E-state index is 13.6. The molecule has 0 bridgehead atoms. The quantitative estimate of drug-likeness (QED) is 0.493. The molecule has 0 saturated heterocycles. The Balaban J connectivity index is 2.16. The number of ether oxygens (including phenoxy) is 4. The summed E-state index contributed by atoms with van der Waals surface area (Å²) < 4.78 is 22.7. The van der Waals surface area contributed by atoms with Gasteiger partial charge in [-0.1, -0.05) is 36.4 Å². The van der Waals surface area contributed by atoms with E-state index in [1.54, 1.807) is 42.5 Å². The summed E-state index contributed by atoms with van der Waals surface area (Å²) in [7, 11) is 5.44. The van der Waals surface area contributed by atoms with Crippen LogP contribution in [0.15, 0.2) is 58.9 Å². The molecule has 4 rings (SSSR count). The highest BCUT2D eigenvalue weighted by Gasteiger charge is 2.40. The lowest BCUT2D eigenvalue weighted by Gasteiger charge is -2.27. The fraction of sp³-hybridized carbons (Fsp3) is 0.192. The number of carbonyl (C=O) groups excluding carboxylic acids is 2. The van der Waals surface area contributed by atoms with Crippen LogP contribution in [0.1, 0.15) is 17.0 Å². The van der Waals surface area contributed by atoms with Crippen molar-refractivity contribution in [3.63, 3.8) is 0 Å². The second-order valence-electron chi connectivity index (χ2n) is 7.67. The Morgan fingerprint density at radius 3 is 2.11 bits per heavy atom. The lowest BCUT2D eigenvalue weighted by molar-refractivity contribution is -0.136. The molecule has 3 aromatic rings. The fourth-order valence-corrected chi connectivity index (χ4v) is 5.36. The highest BCUT2D eigenvalue weighted by atomic mass is 32.1. The number of benzene rings is 2. The van der Waals surface area contributed by atoms with Crippen LogP contribution in [-0.4, -0.2) is 44.9 Å². The van der Waals surface area contributed by atoms with Crippen molar-refractivity contribution in [2.24, 2.45) is 5.73 Å². The minimum atomic E-state index is -1.00. The van der Waals surface area contributed by atoms with Gasteiger partial charge in [-0.05, 0) is 18.2 Å². The van der Waals surface area contributed by atoms with E-state index in [9.17, 15) is 14.4 Å². The Morgan fingerprint density at radius 1 is 0.889 bits per heavy atom. The van der Waals surface area contributed by atoms with Crippen molar-refractivity contribution in [1.82, 2.24) is 4.57 Å². The maximum Gasteiger partial charge on any atom is 0.338 e. The molecule has 2 aromatic carbocycles. The third kappa shape index (κ3) is 4.05. The van der Waals surface area contributed by atoms with Gasteiger partial charge in [0.1, 0.15) is 22.0 Å². The van der Waals surface area contributed by atoms with E-state index in [0.717, 1.165) is 15.9 Å². The largest absolute Gasteiger partial charge is 0.496 e. The smallest absolute Gasteiger partial charge is 0.338 e. The molecule has 1 aromatic heterocycles. The van der Waals surface area contributed by atoms with Gasteiger partial charge in [-0.2, -0.15) is 0 Å². The fourth-order valence-electron chi connectivity index (χ4n) is 4.21. The molecule has 0 saturated carbocycles. The molecule has 1 aliphatic heterocycles. The van der Waals surface area contributed by atoms with Crippen LogP contribution < -0.4 is 30.0 Å². The first kappa shape index (κ1) is 24.8. The molecule has 0 amide bonds. The number of hydrogen-bond donors (Lipinski definition) is 1. The average Bonchev–Trinajstić information content (AvgIpc) is 3.23. The molecule has 1 aliphatic rings. The van der Waals surface area contributed by atoms with Gasteiger partial charge < -0.3 is 24.7 Å². The van der Waals surface area contributed by atoms with E-state index in [1.807, 2.05) is 12.1 Å². The van der Waals surface area contributed by atoms with Crippen molar-refractivity contribution in [3.05, 3.63) is 84.8 Å². The second-order valence-corrected chi connectivity index (χ2v) is 8.70. The molecule has 186 valence electrons. The number of hydrogen-bond acceptors (Lipinski definition) is 9. The molecule has 2 heterocycles. The van der Waals surface area contributed by atoms with E-state index in [-0.39, 0.29) is 26.2 Å². The van der Waals surface area contributed by atoms with Crippen molar-refractivity contribution in [3.8, 4) is 11.5 Å². The Kier molecular flexibility index (Phi) is 6.98. The van der Waals surface area contributed by atoms with Gasteiger partial charge in [-0.3, -0.25) is 9.36 Å². The summed E-state index contributed by atoms with van der Waals surface area (Å²) in [6, 6.07) is 14.1. The molecule has 0 radical (unpaired) electrons. The number of esters is 2. The first-order valence-corrected chi connectivity index (χ1v) is 11.6. The summed E-state index contributed by atoms with van der Waals surface area (Å²) in [6.45, 7) is 0. The van der Waals surface area contributed by atoms with Crippen LogP contribution >= 0.6 is 11.3 Å². The molecule has 36 heavy (non-hydrogen) atoms. The zero-order valence-corrected chi connectivity index (χ0v) is 20.9. The summed E-state index contributed by atoms with van der Waals surface area (Å²) in [5.41, 5.74) is 7.11. The van der Waals surface area contributed by atoms with Crippen LogP contribution in [-0.2, 0) is 19.1 Å². The van der Waals surface area contributed by atoms with E-state index < -0.39 is 23.4 Å². The summed E-state index contributed by atoms with van der Waals surface area (Å²) in [4.78, 5) is 39.8. The van der Waals surface area contributed by atoms with E-state index in [1.165, 1.54) is 28.4 Å². The van der Waals surface area contributed by atoms with Crippen LogP contribution in [0.3, 0.4) is 0 Å². The van der Waals surface area contributed by atoms with E-state index in [2.05, 4.69) is 0 Å². The lowest BCUT2D eigenvalue weighted by Crippen LogP contribution is -2.41. The molecule has 10 heteroatoms. The van der Waals surface area contributed by atoms with Crippen molar-refractivity contribution < 1.29 is 28.5 Å². The molecule has 0 aliphatic carbocycles. The molecule has 2 N–H and O–H groups in total. The van der Waals surface area contributed by atoms with Gasteiger partial charge in [0.15, 0.2) is 0 Å². The molecular formula is C26H24N2O7S. The number of nitrogens with two attached hydrogens (primary N) is 1. The van der Waals surface area contributed by atoms with E-state index in [4.69, 9.17) is 24.7 Å². The third-order valence-electron chi connectivity index (χ3n) is 5.83. The van der Waals surface area contributed by atoms with E-state index in [0.29, 0.717) is 22.6 Å². The third-order valence-corrected chi connectivity index (χ3v) is 6.94. The molecule has 9 nitrogen and oxygen atoms in total. The van der Waals surface area contributed by atoms with Crippen molar-refractivity contribution in [1.29, 1.82) is 0 Å². The zero-order valence-electron chi connectivity index (χ0n) is 20.1. The topological polar surface area (TPSA) is 119 Å². The Labute approximate surface area is 210 Å². The number of thiazole rings is 1. The van der Waals surface area contributed by atoms with Crippen LogP contribution in [0, 0.1) is 0 Å². The zero-order chi connectivity index (χ0) is 26.0. The van der Waals surface area contributed by atoms with Gasteiger partial charge in [0.2, 0.25) is 0 Å². The second kappa shape index (κ2) is 10.1. The summed E-state index contributed by atoms with van der Waals surface area (Å²) in [5.74, 6) is -1.66. The number of carbonyl (C=O) groups is 2. The number of rotatable bonds is 6. The summed E-state index contributed by atoms with van der Waals surface area (Å²) in [5, 5.41) is 0. The Hall–Kier alpha value is -4.31. The number of fused-ring (bicyclic) bond motifs is 1. The Bertz CT molecular complexity index is 1570. The number of para-hydroxylation sites is 2. The molecule has 0 spiro atoms. The summed E-state index contributed by atoms with van der Waals surface area (Å²) in [6.07, 6.45) is 1.65. The average molecular weight is 509 g/mol. The van der Waals surface area contributed by atoms with Crippen molar-refractivity contribution >= 4 is 40.7 Å². The molecule has 0 fully saturated rings. The number of aromatic nitrogens is 1. The first-order chi connectivity index (χ1) is 17.4. The van der Waals surface area contributed by atoms with Gasteiger partial charge in [-0.25, -0.2) is 9.59 Å². The van der Waals surface area contributed by atoms with Gasteiger partial charge in [0, 0.05) is 11.1 Å². The lowest BCUT2D eigenvalue weighted by atomic mass is 9.82. The normalized spacial score (nSPS) is 15.4. The SMILES string of the molecule is COC(=O)C1=C(N)n2c(s/c(=C\c3ccccc3OC)c2=O)=C(C(=O)OC)[C@@H]1c1ccccc1OC. The Morgan fingerprint density at radius 2 is 1.47 bits per heavy atom. The van der Waals surface area contributed by atoms with Gasteiger partial charge >= 0.3 is 11.9 Å². The minimum absolute atomic E-state index is 0.0679. The highest BCUT2D eigenvalue weighted by Crippen LogP contribution is 2.41. The molecular weight excluding hydrogens is 484 g/mol. The van der Waals surface area contributed by atoms with Gasteiger partial charge in [-0.15, -0.1) is 11.3 Å². The van der Waals surface area contributed by atoms with Crippen LogP contribution in [0.4, 0.5) is 0 Å². The number of nitrogens with zero attached hydrogens (tertiary/aromatic N) is 1. The van der Waals surface area contributed by atoms with Crippen LogP contribution in [0.5, 0.6) is 11.5 Å². The first-order valence-electron chi connectivity index (χ1n) is 10.8. The van der Waals surface area contributed by atoms with Gasteiger partial charge in [0.05, 0.1) is 50.0 Å². The van der Waals surface area contributed by atoms with Gasteiger partial charge in [0.25, 0.3) is 5.56 Å². The predicted molar refractivity (Wildman–Crippen MR) is 135 cm³/mol. The van der Waals surface area contributed by atoms with Crippen LogP contribution in [0.2, 0.25) is 0 Å². The summed E-state index contributed by atoms with van der Waals surface area (Å²) >= 11 is 1.06.